The number of carbonyl (C=O) groups excluding carboxylic acids is 5. The zero-order valence-electron chi connectivity index (χ0n) is 18.0. The smallest absolute Gasteiger partial charge is 0.327 e. The Morgan fingerprint density at radius 3 is 1.91 bits per heavy atom. The molecular formula is C18H32N6O7S. The summed E-state index contributed by atoms with van der Waals surface area (Å²) >= 11 is 3.88. The molecule has 0 saturated carbocycles. The fraction of sp³-hybridized carbons (Fsp3) is 0.667. The number of nitrogens with one attached hydrogen (secondary N) is 3. The first-order chi connectivity index (χ1) is 14.8. The minimum Gasteiger partial charge on any atom is -0.480 e. The quantitative estimate of drug-likeness (QED) is 0.113. The number of nitrogens with two attached hydrogens (primary N) is 3. The van der Waals surface area contributed by atoms with Crippen molar-refractivity contribution >= 4 is 48.1 Å². The van der Waals surface area contributed by atoms with E-state index >= 15 is 0 Å². The molecule has 13 nitrogen and oxygen atoms in total. The largest absolute Gasteiger partial charge is 0.480 e. The van der Waals surface area contributed by atoms with Gasteiger partial charge >= 0.3 is 5.97 Å². The molecule has 0 aliphatic heterocycles. The number of primary amides is 2. The van der Waals surface area contributed by atoms with Crippen LogP contribution < -0.4 is 33.2 Å². The Morgan fingerprint density at radius 2 is 1.47 bits per heavy atom. The zero-order valence-corrected chi connectivity index (χ0v) is 18.9. The number of carboxylic acid groups (broad SMARTS) is 1. The van der Waals surface area contributed by atoms with Gasteiger partial charge in [-0.05, 0) is 12.3 Å². The highest BCUT2D eigenvalue weighted by atomic mass is 32.1. The molecule has 0 fully saturated rings. The predicted molar refractivity (Wildman–Crippen MR) is 117 cm³/mol. The molecule has 0 aromatic heterocycles. The number of thiol groups is 1. The summed E-state index contributed by atoms with van der Waals surface area (Å²) in [6, 6.07) is -5.03. The van der Waals surface area contributed by atoms with Crippen molar-refractivity contribution in [2.75, 3.05) is 5.75 Å². The summed E-state index contributed by atoms with van der Waals surface area (Å²) in [5, 5.41) is 16.2. The first-order valence-corrected chi connectivity index (χ1v) is 10.5. The van der Waals surface area contributed by atoms with E-state index in [4.69, 9.17) is 22.3 Å². The summed E-state index contributed by atoms with van der Waals surface area (Å²) in [5.74, 6) is -5.85. The molecule has 0 aromatic rings. The van der Waals surface area contributed by atoms with E-state index in [1.807, 2.05) is 0 Å². The van der Waals surface area contributed by atoms with Gasteiger partial charge in [0.1, 0.15) is 18.1 Å². The molecule has 0 bridgehead atoms. The lowest BCUT2D eigenvalue weighted by Gasteiger charge is -2.27. The van der Waals surface area contributed by atoms with E-state index in [9.17, 15) is 28.8 Å². The van der Waals surface area contributed by atoms with Gasteiger partial charge in [-0.2, -0.15) is 12.6 Å². The molecule has 5 atom stereocenters. The number of hydrogen-bond acceptors (Lipinski definition) is 8. The van der Waals surface area contributed by atoms with Crippen LogP contribution in [-0.2, 0) is 28.8 Å². The van der Waals surface area contributed by atoms with Gasteiger partial charge in [0.15, 0.2) is 0 Å². The second-order valence-electron chi connectivity index (χ2n) is 7.30. The topological polar surface area (TPSA) is 237 Å². The third-order valence-electron chi connectivity index (χ3n) is 4.66. The van der Waals surface area contributed by atoms with Gasteiger partial charge in [0, 0.05) is 12.2 Å². The second-order valence-corrected chi connectivity index (χ2v) is 7.66. The van der Waals surface area contributed by atoms with E-state index < -0.39 is 72.0 Å². The van der Waals surface area contributed by atoms with E-state index in [0.29, 0.717) is 6.42 Å². The molecule has 0 saturated heterocycles. The molecule has 5 amide bonds. The van der Waals surface area contributed by atoms with Crippen molar-refractivity contribution in [3.8, 4) is 0 Å². The van der Waals surface area contributed by atoms with Gasteiger partial charge in [-0.25, -0.2) is 4.79 Å². The molecular weight excluding hydrogens is 444 g/mol. The Labute approximate surface area is 191 Å². The number of aliphatic carboxylic acids is 1. The van der Waals surface area contributed by atoms with Crippen molar-refractivity contribution in [2.24, 2.45) is 23.1 Å². The molecule has 0 radical (unpaired) electrons. The number of carboxylic acids is 1. The predicted octanol–water partition coefficient (Wildman–Crippen LogP) is -3.03. The summed E-state index contributed by atoms with van der Waals surface area (Å²) in [5.41, 5.74) is 15.7. The molecule has 0 heterocycles. The van der Waals surface area contributed by atoms with Crippen LogP contribution in [0.4, 0.5) is 0 Å². The third-order valence-corrected chi connectivity index (χ3v) is 5.03. The molecule has 182 valence electrons. The molecule has 0 rings (SSSR count). The fourth-order valence-electron chi connectivity index (χ4n) is 2.55. The van der Waals surface area contributed by atoms with Crippen LogP contribution in [0.15, 0.2) is 0 Å². The van der Waals surface area contributed by atoms with Crippen LogP contribution in [0.25, 0.3) is 0 Å². The lowest BCUT2D eigenvalue weighted by Crippen LogP contribution is -2.59. The van der Waals surface area contributed by atoms with Crippen LogP contribution >= 0.6 is 12.6 Å². The number of amides is 5. The van der Waals surface area contributed by atoms with Gasteiger partial charge in [-0.1, -0.05) is 20.3 Å². The normalized spacial score (nSPS) is 15.4. The van der Waals surface area contributed by atoms with Crippen molar-refractivity contribution in [3.05, 3.63) is 0 Å². The number of carbonyl (C=O) groups is 6. The molecule has 0 aromatic carbocycles. The average Bonchev–Trinajstić information content (AvgIpc) is 2.70. The van der Waals surface area contributed by atoms with E-state index in [0.717, 1.165) is 0 Å². The monoisotopic (exact) mass is 476 g/mol. The molecule has 0 aliphatic carbocycles. The van der Waals surface area contributed by atoms with Crippen molar-refractivity contribution in [3.63, 3.8) is 0 Å². The lowest BCUT2D eigenvalue weighted by atomic mass is 9.97. The molecule has 0 aliphatic rings. The number of hydrogen-bond donors (Lipinski definition) is 8. The maximum Gasteiger partial charge on any atom is 0.327 e. The minimum absolute atomic E-state index is 0.169. The fourth-order valence-corrected chi connectivity index (χ4v) is 2.79. The summed E-state index contributed by atoms with van der Waals surface area (Å²) in [4.78, 5) is 71.0. The maximum atomic E-state index is 12.8. The highest BCUT2D eigenvalue weighted by molar-refractivity contribution is 7.80. The van der Waals surface area contributed by atoms with E-state index in [2.05, 4.69) is 28.6 Å². The van der Waals surface area contributed by atoms with E-state index in [1.165, 1.54) is 0 Å². The third kappa shape index (κ3) is 10.4. The second kappa shape index (κ2) is 14.2. The Morgan fingerprint density at radius 1 is 0.906 bits per heavy atom. The van der Waals surface area contributed by atoms with Gasteiger partial charge in [0.05, 0.1) is 12.5 Å². The maximum absolute atomic E-state index is 12.8. The summed E-state index contributed by atoms with van der Waals surface area (Å²) in [6.45, 7) is 3.43. The van der Waals surface area contributed by atoms with Crippen LogP contribution in [0.3, 0.4) is 0 Å². The summed E-state index contributed by atoms with van der Waals surface area (Å²) in [7, 11) is 0. The molecule has 14 heteroatoms. The molecule has 0 spiro atoms. The molecule has 5 unspecified atom stereocenters. The van der Waals surface area contributed by atoms with Gasteiger partial charge in [-0.15, -0.1) is 0 Å². The SMILES string of the molecule is CCC(C)C(NC(=O)C(CCC(N)=O)NC(=O)C(N)CC(N)=O)C(=O)NC(CS)C(=O)O. The van der Waals surface area contributed by atoms with Crippen molar-refractivity contribution < 1.29 is 33.9 Å². The average molecular weight is 477 g/mol. The Hall–Kier alpha value is -2.87. The lowest BCUT2D eigenvalue weighted by molar-refractivity contribution is -0.142. The van der Waals surface area contributed by atoms with Crippen molar-refractivity contribution in [1.29, 1.82) is 0 Å². The van der Waals surface area contributed by atoms with Crippen LogP contribution in [-0.4, -0.2) is 70.5 Å². The molecule has 32 heavy (non-hydrogen) atoms. The van der Waals surface area contributed by atoms with Gasteiger partial charge < -0.3 is 38.3 Å². The Bertz CT molecular complexity index is 720. The van der Waals surface area contributed by atoms with Crippen LogP contribution in [0.5, 0.6) is 0 Å². The van der Waals surface area contributed by atoms with Gasteiger partial charge in [0.2, 0.25) is 29.5 Å². The van der Waals surface area contributed by atoms with Crippen LogP contribution in [0.2, 0.25) is 0 Å². The zero-order chi connectivity index (χ0) is 25.0. The standard InChI is InChI=1S/C18H32N6O7S/c1-3-8(2)14(17(29)23-11(7-32)18(30)31)24-16(28)10(4-5-12(20)25)22-15(27)9(19)6-13(21)26/h8-11,14,32H,3-7,19H2,1-2H3,(H2,20,25)(H2,21,26)(H,22,27)(H,23,29)(H,24,28)(H,30,31). The van der Waals surface area contributed by atoms with Crippen molar-refractivity contribution in [2.45, 2.75) is 63.7 Å². The summed E-state index contributed by atoms with van der Waals surface area (Å²) < 4.78 is 0. The highest BCUT2D eigenvalue weighted by Crippen LogP contribution is 2.10. The Balaban J connectivity index is 5.55. The minimum atomic E-state index is -1.32. The number of rotatable bonds is 15. The Kier molecular flexibility index (Phi) is 13.0. The van der Waals surface area contributed by atoms with Crippen LogP contribution in [0, 0.1) is 5.92 Å². The van der Waals surface area contributed by atoms with E-state index in [1.54, 1.807) is 13.8 Å². The van der Waals surface area contributed by atoms with Gasteiger partial charge in [-0.3, -0.25) is 24.0 Å². The van der Waals surface area contributed by atoms with Crippen molar-refractivity contribution in [1.82, 2.24) is 16.0 Å². The molecule has 10 N–H and O–H groups in total. The first-order valence-electron chi connectivity index (χ1n) is 9.90. The van der Waals surface area contributed by atoms with E-state index in [-0.39, 0.29) is 18.6 Å². The summed E-state index contributed by atoms with van der Waals surface area (Å²) in [6.07, 6.45) is -0.462. The highest BCUT2D eigenvalue weighted by Gasteiger charge is 2.32. The van der Waals surface area contributed by atoms with Gasteiger partial charge in [0.25, 0.3) is 0 Å². The first kappa shape index (κ1) is 29.1. The van der Waals surface area contributed by atoms with Crippen LogP contribution in [0.1, 0.15) is 39.5 Å².